The number of hydrogen-bond donors (Lipinski definition) is 0. The summed E-state index contributed by atoms with van der Waals surface area (Å²) in [7, 11) is -1.64. The zero-order chi connectivity index (χ0) is 13.9. The van der Waals surface area contributed by atoms with Crippen LogP contribution in [0.2, 0.25) is 19.6 Å². The Hall–Kier alpha value is -1.81. The van der Waals surface area contributed by atoms with Gasteiger partial charge >= 0.3 is 0 Å². The van der Waals surface area contributed by atoms with Crippen molar-refractivity contribution < 1.29 is 8.84 Å². The first kappa shape index (κ1) is 13.6. The zero-order valence-corrected chi connectivity index (χ0v) is 12.8. The fraction of sp³-hybridized carbons (Fsp3) is 0.267. The standard InChI is InChI=1S/C15H19NO2Si/c1-12-7-5-9-14(18-19(2,3)4)15(12)16-11-13-8-6-10-17-13/h5-11H,1-4H3. The molecule has 2 rings (SSSR count). The van der Waals surface area contributed by atoms with E-state index in [0.717, 1.165) is 22.8 Å². The summed E-state index contributed by atoms with van der Waals surface area (Å²) in [4.78, 5) is 4.51. The van der Waals surface area contributed by atoms with Gasteiger partial charge in [-0.05, 0) is 50.3 Å². The van der Waals surface area contributed by atoms with Crippen molar-refractivity contribution in [3.05, 3.63) is 47.9 Å². The Morgan fingerprint density at radius 2 is 1.95 bits per heavy atom. The predicted molar refractivity (Wildman–Crippen MR) is 81.1 cm³/mol. The molecule has 0 fully saturated rings. The number of benzene rings is 1. The Balaban J connectivity index is 2.33. The molecule has 3 nitrogen and oxygen atoms in total. The molecule has 19 heavy (non-hydrogen) atoms. The Morgan fingerprint density at radius 1 is 1.16 bits per heavy atom. The van der Waals surface area contributed by atoms with Crippen molar-refractivity contribution in [3.8, 4) is 5.75 Å². The molecule has 1 heterocycles. The van der Waals surface area contributed by atoms with Gasteiger partial charge in [0.05, 0.1) is 12.5 Å². The molecule has 0 aliphatic heterocycles. The lowest BCUT2D eigenvalue weighted by molar-refractivity contribution is 0.557. The van der Waals surface area contributed by atoms with Gasteiger partial charge in [0, 0.05) is 0 Å². The van der Waals surface area contributed by atoms with Crippen molar-refractivity contribution in [2.45, 2.75) is 26.6 Å². The van der Waals surface area contributed by atoms with E-state index in [1.807, 2.05) is 37.3 Å². The Labute approximate surface area is 115 Å². The minimum atomic E-state index is -1.64. The molecule has 0 spiro atoms. The van der Waals surface area contributed by atoms with Gasteiger partial charge in [-0.25, -0.2) is 4.99 Å². The second-order valence-electron chi connectivity index (χ2n) is 5.41. The summed E-state index contributed by atoms with van der Waals surface area (Å²) in [6.45, 7) is 8.52. The smallest absolute Gasteiger partial charge is 0.242 e. The van der Waals surface area contributed by atoms with E-state index < -0.39 is 8.32 Å². The van der Waals surface area contributed by atoms with Crippen LogP contribution in [0.4, 0.5) is 5.69 Å². The van der Waals surface area contributed by atoms with Gasteiger partial charge < -0.3 is 8.84 Å². The van der Waals surface area contributed by atoms with Crippen LogP contribution in [0.3, 0.4) is 0 Å². The van der Waals surface area contributed by atoms with E-state index in [9.17, 15) is 0 Å². The maximum atomic E-state index is 6.08. The molecule has 0 aliphatic carbocycles. The van der Waals surface area contributed by atoms with Crippen molar-refractivity contribution in [2.24, 2.45) is 4.99 Å². The van der Waals surface area contributed by atoms with Gasteiger partial charge in [0.2, 0.25) is 8.32 Å². The maximum Gasteiger partial charge on any atom is 0.242 e. The highest BCUT2D eigenvalue weighted by Crippen LogP contribution is 2.32. The van der Waals surface area contributed by atoms with E-state index >= 15 is 0 Å². The molecule has 0 saturated carbocycles. The summed E-state index contributed by atoms with van der Waals surface area (Å²) in [6.07, 6.45) is 3.36. The van der Waals surface area contributed by atoms with Gasteiger partial charge in [-0.3, -0.25) is 0 Å². The molecule has 0 N–H and O–H groups in total. The van der Waals surface area contributed by atoms with Crippen LogP contribution in [0.25, 0.3) is 0 Å². The zero-order valence-electron chi connectivity index (χ0n) is 11.8. The third kappa shape index (κ3) is 3.82. The molecule has 1 aromatic carbocycles. The van der Waals surface area contributed by atoms with Gasteiger partial charge in [0.15, 0.2) is 0 Å². The van der Waals surface area contributed by atoms with Gasteiger partial charge in [0.1, 0.15) is 17.2 Å². The lowest BCUT2D eigenvalue weighted by Crippen LogP contribution is -2.29. The van der Waals surface area contributed by atoms with E-state index in [1.165, 1.54) is 0 Å². The molecule has 0 atom stereocenters. The van der Waals surface area contributed by atoms with Gasteiger partial charge in [-0.1, -0.05) is 12.1 Å². The number of aryl methyl sites for hydroxylation is 1. The molecule has 0 bridgehead atoms. The molecular formula is C15H19NO2Si. The number of furan rings is 1. The molecular weight excluding hydrogens is 254 g/mol. The first-order valence-electron chi connectivity index (χ1n) is 6.32. The highest BCUT2D eigenvalue weighted by Gasteiger charge is 2.18. The lowest BCUT2D eigenvalue weighted by atomic mass is 10.2. The summed E-state index contributed by atoms with van der Waals surface area (Å²) in [5.41, 5.74) is 1.97. The number of para-hydroxylation sites is 1. The average molecular weight is 273 g/mol. The van der Waals surface area contributed by atoms with E-state index in [-0.39, 0.29) is 0 Å². The van der Waals surface area contributed by atoms with Gasteiger partial charge in [-0.2, -0.15) is 0 Å². The summed E-state index contributed by atoms with van der Waals surface area (Å²) in [5.74, 6) is 1.59. The molecule has 0 radical (unpaired) electrons. The number of rotatable bonds is 4. The summed E-state index contributed by atoms with van der Waals surface area (Å²) in [5, 5.41) is 0. The van der Waals surface area contributed by atoms with E-state index in [1.54, 1.807) is 12.5 Å². The number of nitrogens with zero attached hydrogens (tertiary/aromatic N) is 1. The lowest BCUT2D eigenvalue weighted by Gasteiger charge is -2.21. The Morgan fingerprint density at radius 3 is 2.58 bits per heavy atom. The Bertz CT molecular complexity index is 568. The molecule has 0 saturated heterocycles. The minimum absolute atomic E-state index is 0.738. The van der Waals surface area contributed by atoms with Crippen LogP contribution >= 0.6 is 0 Å². The Kier molecular flexibility index (Phi) is 3.90. The summed E-state index contributed by atoms with van der Waals surface area (Å²) >= 11 is 0. The number of hydrogen-bond acceptors (Lipinski definition) is 3. The first-order valence-corrected chi connectivity index (χ1v) is 9.73. The maximum absolute atomic E-state index is 6.08. The SMILES string of the molecule is Cc1cccc(O[Si](C)(C)C)c1N=Cc1ccco1. The summed E-state index contributed by atoms with van der Waals surface area (Å²) < 4.78 is 11.3. The van der Waals surface area contributed by atoms with Crippen LogP contribution in [0.5, 0.6) is 5.75 Å². The fourth-order valence-corrected chi connectivity index (χ4v) is 2.53. The average Bonchev–Trinajstić information content (AvgIpc) is 2.79. The van der Waals surface area contributed by atoms with Crippen LogP contribution in [0.1, 0.15) is 11.3 Å². The first-order chi connectivity index (χ1) is 8.96. The van der Waals surface area contributed by atoms with Crippen molar-refractivity contribution >= 4 is 20.2 Å². The van der Waals surface area contributed by atoms with Crippen LogP contribution in [-0.2, 0) is 0 Å². The highest BCUT2D eigenvalue weighted by molar-refractivity contribution is 6.70. The van der Waals surface area contributed by atoms with Crippen LogP contribution in [0.15, 0.2) is 46.0 Å². The van der Waals surface area contributed by atoms with Crippen molar-refractivity contribution in [1.82, 2.24) is 0 Å². The molecule has 1 aromatic heterocycles. The quantitative estimate of drug-likeness (QED) is 0.605. The third-order valence-corrected chi connectivity index (χ3v) is 3.31. The van der Waals surface area contributed by atoms with Crippen molar-refractivity contribution in [1.29, 1.82) is 0 Å². The topological polar surface area (TPSA) is 34.7 Å². The predicted octanol–water partition coefficient (Wildman–Crippen LogP) is 4.55. The second-order valence-corrected chi connectivity index (χ2v) is 9.84. The molecule has 4 heteroatoms. The van der Waals surface area contributed by atoms with Gasteiger partial charge in [-0.15, -0.1) is 0 Å². The number of aliphatic imine (C=N–C) groups is 1. The molecule has 0 unspecified atom stereocenters. The normalized spacial score (nSPS) is 12.0. The monoisotopic (exact) mass is 273 g/mol. The largest absolute Gasteiger partial charge is 0.543 e. The van der Waals surface area contributed by atoms with Crippen LogP contribution < -0.4 is 4.43 Å². The van der Waals surface area contributed by atoms with Crippen LogP contribution in [0, 0.1) is 6.92 Å². The van der Waals surface area contributed by atoms with Crippen molar-refractivity contribution in [3.63, 3.8) is 0 Å². The second kappa shape index (κ2) is 5.44. The van der Waals surface area contributed by atoms with E-state index in [0.29, 0.717) is 0 Å². The fourth-order valence-electron chi connectivity index (χ4n) is 1.70. The molecule has 0 aliphatic rings. The highest BCUT2D eigenvalue weighted by atomic mass is 28.4. The van der Waals surface area contributed by atoms with Crippen molar-refractivity contribution in [2.75, 3.05) is 0 Å². The molecule has 100 valence electrons. The molecule has 0 amide bonds. The summed E-state index contributed by atoms with van der Waals surface area (Å²) in [6, 6.07) is 9.72. The minimum Gasteiger partial charge on any atom is -0.543 e. The van der Waals surface area contributed by atoms with E-state index in [4.69, 9.17) is 8.84 Å². The van der Waals surface area contributed by atoms with Crippen LogP contribution in [-0.4, -0.2) is 14.5 Å². The third-order valence-electron chi connectivity index (χ3n) is 2.48. The van der Waals surface area contributed by atoms with E-state index in [2.05, 4.69) is 24.6 Å². The molecule has 2 aromatic rings. The van der Waals surface area contributed by atoms with Gasteiger partial charge in [0.25, 0.3) is 0 Å².